The van der Waals surface area contributed by atoms with Crippen molar-refractivity contribution >= 4 is 23.6 Å². The minimum absolute atomic E-state index is 0.729. The van der Waals surface area contributed by atoms with E-state index in [0.29, 0.717) is 0 Å². The zero-order chi connectivity index (χ0) is 21.2. The van der Waals surface area contributed by atoms with Crippen LogP contribution in [0.1, 0.15) is 27.2 Å². The number of ether oxygens (including phenoxy) is 2. The van der Waals surface area contributed by atoms with E-state index in [2.05, 4.69) is 5.32 Å². The molecule has 0 aliphatic carbocycles. The van der Waals surface area contributed by atoms with Gasteiger partial charge in [-0.3, -0.25) is 14.4 Å². The van der Waals surface area contributed by atoms with Gasteiger partial charge in [-0.1, -0.05) is 0 Å². The monoisotopic (exact) mass is 393 g/mol. The molecule has 27 heavy (non-hydrogen) atoms. The van der Waals surface area contributed by atoms with Crippen molar-refractivity contribution in [2.75, 3.05) is 6.61 Å². The van der Waals surface area contributed by atoms with Crippen LogP contribution < -0.4 is 5.32 Å². The van der Waals surface area contributed by atoms with Gasteiger partial charge in [0.2, 0.25) is 5.91 Å². The molecule has 154 valence electrons. The van der Waals surface area contributed by atoms with Crippen molar-refractivity contribution in [3.8, 4) is 0 Å². The van der Waals surface area contributed by atoms with E-state index in [0.717, 1.165) is 20.8 Å². The van der Waals surface area contributed by atoms with Gasteiger partial charge in [0.25, 0.3) is 5.79 Å². The molecule has 1 heterocycles. The lowest BCUT2D eigenvalue weighted by molar-refractivity contribution is -0.308. The van der Waals surface area contributed by atoms with Crippen molar-refractivity contribution in [2.24, 2.45) is 0 Å². The Kier molecular flexibility index (Phi) is 7.02. The number of carbonyl (C=O) groups is 4. The number of aliphatic hydroxyl groups excluding tert-OH is 2. The normalized spacial score (nSPS) is 31.3. The first-order valence-corrected chi connectivity index (χ1v) is 7.89. The summed E-state index contributed by atoms with van der Waals surface area (Å²) in [5.74, 6) is -7.79. The Balaban J connectivity index is 3.53. The van der Waals surface area contributed by atoms with E-state index >= 15 is 0 Å². The maximum Gasteiger partial charge on any atom is 0.364 e. The minimum Gasteiger partial charge on any atom is -0.477 e. The summed E-state index contributed by atoms with van der Waals surface area (Å²) in [5.41, 5.74) is -2.90. The van der Waals surface area contributed by atoms with Gasteiger partial charge in [0.15, 0.2) is 17.5 Å². The fourth-order valence-corrected chi connectivity index (χ4v) is 2.93. The molecule has 12 nitrogen and oxygen atoms in total. The highest BCUT2D eigenvalue weighted by Gasteiger charge is 2.62. The summed E-state index contributed by atoms with van der Waals surface area (Å²) in [6.45, 7) is 1.73. The molecule has 1 amide bonds. The third kappa shape index (κ3) is 4.59. The Morgan fingerprint density at radius 1 is 1.30 bits per heavy atom. The van der Waals surface area contributed by atoms with Gasteiger partial charge in [0.05, 0.1) is 18.8 Å². The average molecular weight is 393 g/mol. The lowest BCUT2D eigenvalue weighted by atomic mass is 9.78. The molecular weight excluding hydrogens is 370 g/mol. The number of esters is 1. The molecule has 1 fully saturated rings. The maximum absolute atomic E-state index is 12.2. The SMILES string of the molecule is CC(=O)N[C@H]1[C@H]([C@@](O)(C(C)=O)[C@@H](CO)OC(C)=O)OC(O)(C(=O)O)C[C@@H]1O. The van der Waals surface area contributed by atoms with E-state index in [1.165, 1.54) is 0 Å². The van der Waals surface area contributed by atoms with Gasteiger partial charge in [0.1, 0.15) is 6.10 Å². The Morgan fingerprint density at radius 2 is 1.85 bits per heavy atom. The number of ketones is 1. The highest BCUT2D eigenvalue weighted by Crippen LogP contribution is 2.36. The van der Waals surface area contributed by atoms with Crippen LogP contribution >= 0.6 is 0 Å². The highest BCUT2D eigenvalue weighted by molar-refractivity contribution is 5.87. The maximum atomic E-state index is 12.2. The van der Waals surface area contributed by atoms with Gasteiger partial charge in [-0.2, -0.15) is 0 Å². The van der Waals surface area contributed by atoms with Gasteiger partial charge in [0, 0.05) is 20.3 Å². The molecule has 0 aromatic rings. The Labute approximate surface area is 153 Å². The van der Waals surface area contributed by atoms with E-state index in [4.69, 9.17) is 9.47 Å². The summed E-state index contributed by atoms with van der Waals surface area (Å²) in [6.07, 6.45) is -6.68. The summed E-state index contributed by atoms with van der Waals surface area (Å²) in [4.78, 5) is 46.3. The number of hydrogen-bond acceptors (Lipinski definition) is 10. The molecule has 0 aromatic carbocycles. The van der Waals surface area contributed by atoms with Crippen LogP contribution in [0.4, 0.5) is 0 Å². The first kappa shape index (κ1) is 22.9. The number of carboxylic acid groups (broad SMARTS) is 1. The number of carbonyl (C=O) groups excluding carboxylic acids is 3. The second-order valence-electron chi connectivity index (χ2n) is 6.29. The number of hydrogen-bond donors (Lipinski definition) is 6. The largest absolute Gasteiger partial charge is 0.477 e. The summed E-state index contributed by atoms with van der Waals surface area (Å²) < 4.78 is 9.75. The zero-order valence-corrected chi connectivity index (χ0v) is 14.9. The fraction of sp³-hybridized carbons (Fsp3) is 0.733. The van der Waals surface area contributed by atoms with Gasteiger partial charge < -0.3 is 40.3 Å². The first-order valence-electron chi connectivity index (χ1n) is 7.89. The molecule has 1 aliphatic rings. The van der Waals surface area contributed by atoms with Crippen LogP contribution in [0.2, 0.25) is 0 Å². The molecule has 0 radical (unpaired) electrons. The van der Waals surface area contributed by atoms with Crippen molar-refractivity contribution in [1.82, 2.24) is 5.32 Å². The number of nitrogens with one attached hydrogen (secondary N) is 1. The van der Waals surface area contributed by atoms with Crippen LogP contribution in [0, 0.1) is 0 Å². The molecule has 6 N–H and O–H groups in total. The summed E-state index contributed by atoms with van der Waals surface area (Å²) in [6, 6.07) is -1.57. The van der Waals surface area contributed by atoms with Gasteiger partial charge in [-0.15, -0.1) is 0 Å². The number of amides is 1. The van der Waals surface area contributed by atoms with Crippen LogP contribution in [0.3, 0.4) is 0 Å². The number of aliphatic hydroxyl groups is 4. The molecule has 12 heteroatoms. The van der Waals surface area contributed by atoms with Crippen molar-refractivity contribution in [1.29, 1.82) is 0 Å². The third-order valence-corrected chi connectivity index (χ3v) is 4.22. The lowest BCUT2D eigenvalue weighted by Crippen LogP contribution is -2.73. The molecule has 1 rings (SSSR count). The molecule has 0 bridgehead atoms. The highest BCUT2D eigenvalue weighted by atomic mass is 16.7. The minimum atomic E-state index is -3.02. The van der Waals surface area contributed by atoms with E-state index in [-0.39, 0.29) is 0 Å². The molecule has 1 unspecified atom stereocenters. The lowest BCUT2D eigenvalue weighted by Gasteiger charge is -2.49. The van der Waals surface area contributed by atoms with Crippen LogP contribution in [0.15, 0.2) is 0 Å². The quantitative estimate of drug-likeness (QED) is 0.236. The first-order chi connectivity index (χ1) is 12.3. The summed E-state index contributed by atoms with van der Waals surface area (Å²) in [7, 11) is 0. The van der Waals surface area contributed by atoms with Crippen LogP contribution in [0.5, 0.6) is 0 Å². The predicted octanol–water partition coefficient (Wildman–Crippen LogP) is -3.34. The molecule has 0 spiro atoms. The van der Waals surface area contributed by atoms with Crippen molar-refractivity contribution in [3.63, 3.8) is 0 Å². The van der Waals surface area contributed by atoms with Gasteiger partial charge >= 0.3 is 11.9 Å². The zero-order valence-electron chi connectivity index (χ0n) is 14.9. The average Bonchev–Trinajstić information content (AvgIpc) is 2.53. The Morgan fingerprint density at radius 3 is 2.22 bits per heavy atom. The van der Waals surface area contributed by atoms with E-state index in [1.807, 2.05) is 0 Å². The molecular formula is C15H23NO11. The van der Waals surface area contributed by atoms with Gasteiger partial charge in [-0.05, 0) is 6.92 Å². The second kappa shape index (κ2) is 8.27. The molecule has 0 aromatic heterocycles. The number of aliphatic carboxylic acids is 1. The topological polar surface area (TPSA) is 200 Å². The Hall–Kier alpha value is -2.12. The number of Topliss-reactive ketones (excluding diaryl/α,β-unsaturated/α-hetero) is 1. The van der Waals surface area contributed by atoms with Crippen LogP contribution in [-0.4, -0.2) is 91.5 Å². The fourth-order valence-electron chi connectivity index (χ4n) is 2.93. The number of carboxylic acids is 1. The van der Waals surface area contributed by atoms with Crippen molar-refractivity contribution in [3.05, 3.63) is 0 Å². The van der Waals surface area contributed by atoms with Crippen LogP contribution in [0.25, 0.3) is 0 Å². The standard InChI is InChI=1S/C15H23NO11/c1-6(18)15(25,10(5-17)26-8(3)20)12-11(16-7(2)19)9(21)4-14(24,27-12)13(22)23/h9-12,17,21,24-25H,4-5H2,1-3H3,(H,16,19)(H,22,23)/t9-,10+,11+,12+,14?,15+/m0/s1. The predicted molar refractivity (Wildman–Crippen MR) is 84.0 cm³/mol. The summed E-state index contributed by atoms with van der Waals surface area (Å²) >= 11 is 0. The molecule has 1 aliphatic heterocycles. The third-order valence-electron chi connectivity index (χ3n) is 4.22. The summed E-state index contributed by atoms with van der Waals surface area (Å²) in [5, 5.41) is 52.2. The molecule has 1 saturated heterocycles. The van der Waals surface area contributed by atoms with E-state index in [1.54, 1.807) is 0 Å². The molecule has 0 saturated carbocycles. The smallest absolute Gasteiger partial charge is 0.364 e. The van der Waals surface area contributed by atoms with Gasteiger partial charge in [-0.25, -0.2) is 4.79 Å². The molecule has 6 atom stereocenters. The Bertz CT molecular complexity index is 623. The van der Waals surface area contributed by atoms with E-state index in [9.17, 15) is 44.7 Å². The van der Waals surface area contributed by atoms with Crippen LogP contribution in [-0.2, 0) is 28.7 Å². The van der Waals surface area contributed by atoms with Crippen molar-refractivity contribution in [2.45, 2.75) is 62.9 Å². The van der Waals surface area contributed by atoms with Crippen molar-refractivity contribution < 1.29 is 54.2 Å². The van der Waals surface area contributed by atoms with E-state index < -0.39 is 72.4 Å². The number of rotatable bonds is 7. The second-order valence-corrected chi connectivity index (χ2v) is 6.29.